The summed E-state index contributed by atoms with van der Waals surface area (Å²) in [6.45, 7) is 6.62. The van der Waals surface area contributed by atoms with Crippen molar-refractivity contribution in [2.24, 2.45) is 0 Å². The molecule has 0 aliphatic carbocycles. The van der Waals surface area contributed by atoms with Crippen LogP contribution in [0, 0.1) is 12.7 Å². The Morgan fingerprint density at radius 3 is 2.40 bits per heavy atom. The van der Waals surface area contributed by atoms with Crippen LogP contribution in [0.3, 0.4) is 0 Å². The van der Waals surface area contributed by atoms with Crippen LogP contribution < -0.4 is 4.74 Å². The number of nitrogens with zero attached hydrogens (tertiary/aromatic N) is 2. The first-order valence-corrected chi connectivity index (χ1v) is 11.0. The number of piperazine rings is 1. The lowest BCUT2D eigenvalue weighted by molar-refractivity contribution is 0.0633. The molecule has 156 valence electrons. The Bertz CT molecular complexity index is 977. The molecule has 2 heterocycles. The summed E-state index contributed by atoms with van der Waals surface area (Å²) in [5, 5.41) is 1.95. The third-order valence-electron chi connectivity index (χ3n) is 5.27. The molecule has 0 bridgehead atoms. The zero-order valence-electron chi connectivity index (χ0n) is 17.0. The van der Waals surface area contributed by atoms with Crippen LogP contribution in [0.25, 0.3) is 0 Å². The van der Waals surface area contributed by atoms with Gasteiger partial charge in [-0.2, -0.15) is 0 Å². The Hall–Kier alpha value is -2.70. The Labute approximate surface area is 180 Å². The smallest absolute Gasteiger partial charge is 0.264 e. The van der Waals surface area contributed by atoms with Gasteiger partial charge in [-0.15, -0.1) is 11.3 Å². The van der Waals surface area contributed by atoms with Gasteiger partial charge in [0.05, 0.1) is 4.88 Å². The molecule has 0 radical (unpaired) electrons. The number of benzene rings is 2. The zero-order chi connectivity index (χ0) is 20.9. The molecule has 0 atom stereocenters. The van der Waals surface area contributed by atoms with Crippen molar-refractivity contribution in [2.45, 2.75) is 20.1 Å². The standard InChI is InChI=1S/C24H25FN2O2S/c1-18-2-4-19(5-3-18)15-26-10-12-27(13-11-26)24(28)23-14-20(17-30-23)16-29-22-8-6-21(25)7-9-22/h2-9,14,17H,10-13,15-16H2,1H3. The van der Waals surface area contributed by atoms with Gasteiger partial charge in [0.1, 0.15) is 18.2 Å². The third kappa shape index (κ3) is 5.26. The van der Waals surface area contributed by atoms with Crippen LogP contribution in [0.15, 0.2) is 60.0 Å². The molecule has 30 heavy (non-hydrogen) atoms. The minimum atomic E-state index is -0.287. The SMILES string of the molecule is Cc1ccc(CN2CCN(C(=O)c3cc(COc4ccc(F)cc4)cs3)CC2)cc1. The molecule has 2 aromatic carbocycles. The van der Waals surface area contributed by atoms with Crippen molar-refractivity contribution >= 4 is 17.2 Å². The first-order valence-electron chi connectivity index (χ1n) is 10.1. The second kappa shape index (κ2) is 9.41. The number of hydrogen-bond acceptors (Lipinski definition) is 4. The fraction of sp³-hybridized carbons (Fsp3) is 0.292. The third-order valence-corrected chi connectivity index (χ3v) is 6.24. The van der Waals surface area contributed by atoms with Crippen LogP contribution >= 0.6 is 11.3 Å². The van der Waals surface area contributed by atoms with Crippen molar-refractivity contribution in [1.29, 1.82) is 0 Å². The highest BCUT2D eigenvalue weighted by Gasteiger charge is 2.23. The number of carbonyl (C=O) groups excluding carboxylic acids is 1. The Morgan fingerprint density at radius 1 is 1.00 bits per heavy atom. The van der Waals surface area contributed by atoms with E-state index < -0.39 is 0 Å². The summed E-state index contributed by atoms with van der Waals surface area (Å²) in [5.41, 5.74) is 3.53. The van der Waals surface area contributed by atoms with Gasteiger partial charge in [0.25, 0.3) is 5.91 Å². The molecule has 0 unspecified atom stereocenters. The maximum Gasteiger partial charge on any atom is 0.264 e. The van der Waals surface area contributed by atoms with E-state index in [0.717, 1.165) is 43.2 Å². The minimum absolute atomic E-state index is 0.0861. The molecule has 4 nitrogen and oxygen atoms in total. The molecular weight excluding hydrogens is 399 g/mol. The molecule has 1 saturated heterocycles. The highest BCUT2D eigenvalue weighted by molar-refractivity contribution is 7.12. The number of carbonyl (C=O) groups is 1. The van der Waals surface area contributed by atoms with Crippen molar-refractivity contribution < 1.29 is 13.9 Å². The van der Waals surface area contributed by atoms with Gasteiger partial charge in [-0.25, -0.2) is 4.39 Å². The number of thiophene rings is 1. The van der Waals surface area contributed by atoms with Crippen molar-refractivity contribution in [2.75, 3.05) is 26.2 Å². The highest BCUT2D eigenvalue weighted by atomic mass is 32.1. The monoisotopic (exact) mass is 424 g/mol. The fourth-order valence-electron chi connectivity index (χ4n) is 3.48. The van der Waals surface area contributed by atoms with Crippen molar-refractivity contribution in [1.82, 2.24) is 9.80 Å². The average Bonchev–Trinajstić information content (AvgIpc) is 3.24. The molecule has 1 aliphatic rings. The summed E-state index contributed by atoms with van der Waals surface area (Å²) < 4.78 is 18.6. The van der Waals surface area contributed by atoms with E-state index in [1.165, 1.54) is 34.6 Å². The predicted octanol–water partition coefficient (Wildman–Crippen LogP) is 4.73. The van der Waals surface area contributed by atoms with Crippen LogP contribution in [0.2, 0.25) is 0 Å². The molecule has 1 fully saturated rings. The molecule has 0 spiro atoms. The summed E-state index contributed by atoms with van der Waals surface area (Å²) in [7, 11) is 0. The van der Waals surface area contributed by atoms with E-state index in [9.17, 15) is 9.18 Å². The summed E-state index contributed by atoms with van der Waals surface area (Å²) in [4.78, 5) is 17.9. The summed E-state index contributed by atoms with van der Waals surface area (Å²) in [6, 6.07) is 16.5. The minimum Gasteiger partial charge on any atom is -0.489 e. The lowest BCUT2D eigenvalue weighted by Gasteiger charge is -2.34. The average molecular weight is 425 g/mol. The van der Waals surface area contributed by atoms with Gasteiger partial charge in [0.2, 0.25) is 0 Å². The molecule has 4 rings (SSSR count). The normalized spacial score (nSPS) is 14.7. The van der Waals surface area contributed by atoms with E-state index in [1.807, 2.05) is 16.3 Å². The van der Waals surface area contributed by atoms with Crippen LogP contribution in [0.1, 0.15) is 26.4 Å². The number of ether oxygens (including phenoxy) is 1. The lowest BCUT2D eigenvalue weighted by atomic mass is 10.1. The van der Waals surface area contributed by atoms with Crippen LogP contribution in [0.4, 0.5) is 4.39 Å². The van der Waals surface area contributed by atoms with Crippen molar-refractivity contribution in [3.63, 3.8) is 0 Å². The number of amides is 1. The molecule has 0 N–H and O–H groups in total. The Morgan fingerprint density at radius 2 is 1.70 bits per heavy atom. The number of hydrogen-bond donors (Lipinski definition) is 0. The quantitative estimate of drug-likeness (QED) is 0.573. The van der Waals surface area contributed by atoms with Crippen molar-refractivity contribution in [3.8, 4) is 5.75 Å². The van der Waals surface area contributed by atoms with Gasteiger partial charge >= 0.3 is 0 Å². The predicted molar refractivity (Wildman–Crippen MR) is 117 cm³/mol. The first kappa shape index (κ1) is 20.6. The van der Waals surface area contributed by atoms with Crippen LogP contribution in [-0.4, -0.2) is 41.9 Å². The maximum absolute atomic E-state index is 13.0. The van der Waals surface area contributed by atoms with E-state index >= 15 is 0 Å². The van der Waals surface area contributed by atoms with E-state index in [-0.39, 0.29) is 11.7 Å². The topological polar surface area (TPSA) is 32.8 Å². The molecule has 6 heteroatoms. The van der Waals surface area contributed by atoms with Crippen LogP contribution in [0.5, 0.6) is 5.75 Å². The maximum atomic E-state index is 13.0. The first-order chi connectivity index (χ1) is 14.6. The lowest BCUT2D eigenvalue weighted by Crippen LogP contribution is -2.48. The van der Waals surface area contributed by atoms with Gasteiger partial charge in [0.15, 0.2) is 0 Å². The fourth-order valence-corrected chi connectivity index (χ4v) is 4.34. The Kier molecular flexibility index (Phi) is 6.45. The van der Waals surface area contributed by atoms with E-state index in [1.54, 1.807) is 12.1 Å². The second-order valence-corrected chi connectivity index (χ2v) is 8.53. The number of rotatable bonds is 6. The van der Waals surface area contributed by atoms with E-state index in [4.69, 9.17) is 4.74 Å². The summed E-state index contributed by atoms with van der Waals surface area (Å²) >= 11 is 1.45. The molecule has 1 aromatic heterocycles. The number of halogens is 1. The molecule has 3 aromatic rings. The molecular formula is C24H25FN2O2S. The van der Waals surface area contributed by atoms with Gasteiger partial charge < -0.3 is 9.64 Å². The van der Waals surface area contributed by atoms with Crippen LogP contribution in [-0.2, 0) is 13.2 Å². The van der Waals surface area contributed by atoms with E-state index in [0.29, 0.717) is 12.4 Å². The molecule has 1 aliphatic heterocycles. The zero-order valence-corrected chi connectivity index (χ0v) is 17.8. The summed E-state index contributed by atoms with van der Waals surface area (Å²) in [5.74, 6) is 0.410. The Balaban J connectivity index is 1.27. The summed E-state index contributed by atoms with van der Waals surface area (Å²) in [6.07, 6.45) is 0. The molecule has 1 amide bonds. The van der Waals surface area contributed by atoms with Gasteiger partial charge in [-0.3, -0.25) is 9.69 Å². The largest absolute Gasteiger partial charge is 0.489 e. The highest BCUT2D eigenvalue weighted by Crippen LogP contribution is 2.21. The number of aryl methyl sites for hydroxylation is 1. The van der Waals surface area contributed by atoms with Crippen molar-refractivity contribution in [3.05, 3.63) is 87.4 Å². The van der Waals surface area contributed by atoms with E-state index in [2.05, 4.69) is 36.1 Å². The second-order valence-electron chi connectivity index (χ2n) is 7.62. The van der Waals surface area contributed by atoms with Gasteiger partial charge in [-0.1, -0.05) is 29.8 Å². The molecule has 0 saturated carbocycles. The van der Waals surface area contributed by atoms with Gasteiger partial charge in [-0.05, 0) is 48.2 Å². The van der Waals surface area contributed by atoms with Gasteiger partial charge in [0, 0.05) is 38.3 Å².